The van der Waals surface area contributed by atoms with Crippen LogP contribution in [0.5, 0.6) is 11.5 Å². The van der Waals surface area contributed by atoms with Crippen molar-refractivity contribution in [1.82, 2.24) is 24.9 Å². The van der Waals surface area contributed by atoms with Crippen LogP contribution >= 0.6 is 0 Å². The number of carbonyl (C=O) groups is 1. The lowest BCUT2D eigenvalue weighted by Crippen LogP contribution is -2.45. The van der Waals surface area contributed by atoms with Gasteiger partial charge < -0.3 is 25.0 Å². The van der Waals surface area contributed by atoms with Crippen molar-refractivity contribution >= 4 is 22.6 Å². The minimum absolute atomic E-state index is 0.0285. The van der Waals surface area contributed by atoms with E-state index >= 15 is 0 Å². The first-order valence-corrected chi connectivity index (χ1v) is 14.0. The molecular weight excluding hydrogens is 480 g/mol. The average molecular weight is 519 g/mol. The first-order chi connectivity index (χ1) is 18.5. The summed E-state index contributed by atoms with van der Waals surface area (Å²) in [6, 6.07) is 9.88. The van der Waals surface area contributed by atoms with Gasteiger partial charge in [0.05, 0.1) is 11.1 Å². The number of aromatic hydroxyl groups is 1. The molecule has 1 saturated heterocycles. The summed E-state index contributed by atoms with van der Waals surface area (Å²) in [6.45, 7) is 6.96. The van der Waals surface area contributed by atoms with Crippen LogP contribution in [0.1, 0.15) is 53.6 Å². The molecule has 38 heavy (non-hydrogen) atoms. The first-order valence-electron chi connectivity index (χ1n) is 14.0. The molecule has 9 nitrogen and oxygen atoms in total. The second kappa shape index (κ2) is 10.8. The number of aromatic amines is 1. The molecular formula is C29H38N6O3. The van der Waals surface area contributed by atoms with Gasteiger partial charge in [-0.05, 0) is 49.2 Å². The number of aromatic nitrogens is 2. The number of hydrogen-bond acceptors (Lipinski definition) is 7. The second-order valence-electron chi connectivity index (χ2n) is 11.1. The van der Waals surface area contributed by atoms with Crippen molar-refractivity contribution < 1.29 is 14.6 Å². The number of likely N-dealkylation sites (N-methyl/N-ethyl adjacent to an activating group) is 1. The maximum Gasteiger partial charge on any atom is 0.258 e. The highest BCUT2D eigenvalue weighted by molar-refractivity contribution is 6.03. The van der Waals surface area contributed by atoms with Crippen LogP contribution in [0.2, 0.25) is 0 Å². The number of H-pyrrole nitrogens is 1. The zero-order chi connectivity index (χ0) is 26.1. The van der Waals surface area contributed by atoms with Gasteiger partial charge >= 0.3 is 0 Å². The molecule has 3 heterocycles. The Balaban J connectivity index is 1.11. The standard InChI is InChI=1S/C29H38N6O3/c1-33-9-11-34(12-10-33)13-14-38-23-8-7-20-18-35(19-21(20)15-23)29(37)25-16-24-26(17-27(25)36)31-32-28(24)30-22-5-3-2-4-6-22/h7-8,15-17,22,36H,2-6,9-14,18-19H2,1H3,(H2,30,31,32). The zero-order valence-electron chi connectivity index (χ0n) is 22.2. The van der Waals surface area contributed by atoms with E-state index < -0.39 is 0 Å². The lowest BCUT2D eigenvalue weighted by molar-refractivity contribution is 0.0748. The monoisotopic (exact) mass is 518 g/mol. The minimum Gasteiger partial charge on any atom is -0.507 e. The summed E-state index contributed by atoms with van der Waals surface area (Å²) in [4.78, 5) is 20.1. The van der Waals surface area contributed by atoms with Crippen molar-refractivity contribution in [3.05, 3.63) is 47.0 Å². The lowest BCUT2D eigenvalue weighted by atomic mass is 9.95. The van der Waals surface area contributed by atoms with Gasteiger partial charge in [0, 0.05) is 63.3 Å². The molecule has 0 radical (unpaired) electrons. The number of phenolic OH excluding ortho intramolecular Hbond substituents is 1. The molecule has 1 aromatic heterocycles. The second-order valence-corrected chi connectivity index (χ2v) is 11.1. The molecule has 0 unspecified atom stereocenters. The van der Waals surface area contributed by atoms with Gasteiger partial charge in [-0.15, -0.1) is 0 Å². The van der Waals surface area contributed by atoms with E-state index in [-0.39, 0.29) is 11.7 Å². The fourth-order valence-corrected chi connectivity index (χ4v) is 5.91. The third-order valence-corrected chi connectivity index (χ3v) is 8.32. The van der Waals surface area contributed by atoms with E-state index in [4.69, 9.17) is 4.74 Å². The van der Waals surface area contributed by atoms with Gasteiger partial charge in [-0.25, -0.2) is 0 Å². The summed E-state index contributed by atoms with van der Waals surface area (Å²) in [5.41, 5.74) is 3.25. The SMILES string of the molecule is CN1CCN(CCOc2ccc3c(c2)CN(C(=O)c2cc4c(NC5CCCCC5)n[nH]c4cc2O)C3)CC1. The van der Waals surface area contributed by atoms with Gasteiger partial charge in [0.1, 0.15) is 18.1 Å². The first kappa shape index (κ1) is 25.0. The van der Waals surface area contributed by atoms with Crippen molar-refractivity contribution in [2.45, 2.75) is 51.2 Å². The zero-order valence-corrected chi connectivity index (χ0v) is 22.2. The summed E-state index contributed by atoms with van der Waals surface area (Å²) in [5.74, 6) is 1.39. The predicted octanol–water partition coefficient (Wildman–Crippen LogP) is 3.80. The van der Waals surface area contributed by atoms with Crippen molar-refractivity contribution in [3.8, 4) is 11.5 Å². The van der Waals surface area contributed by atoms with Gasteiger partial charge in [-0.1, -0.05) is 25.3 Å². The molecule has 6 rings (SSSR count). The number of anilines is 1. The Hall–Kier alpha value is -3.30. The van der Waals surface area contributed by atoms with Crippen LogP contribution in [0.15, 0.2) is 30.3 Å². The Morgan fingerprint density at radius 1 is 1.08 bits per heavy atom. The fourth-order valence-electron chi connectivity index (χ4n) is 5.91. The fraction of sp³-hybridized carbons (Fsp3) is 0.517. The summed E-state index contributed by atoms with van der Waals surface area (Å²) in [6.07, 6.45) is 6.00. The van der Waals surface area contributed by atoms with Gasteiger partial charge in [0.15, 0.2) is 5.82 Å². The highest BCUT2D eigenvalue weighted by Gasteiger charge is 2.27. The highest BCUT2D eigenvalue weighted by atomic mass is 16.5. The van der Waals surface area contributed by atoms with E-state index in [0.29, 0.717) is 31.3 Å². The van der Waals surface area contributed by atoms with Crippen molar-refractivity contribution in [2.24, 2.45) is 0 Å². The van der Waals surface area contributed by atoms with Gasteiger partial charge in [0.25, 0.3) is 5.91 Å². The average Bonchev–Trinajstić information content (AvgIpc) is 3.53. The number of rotatable bonds is 7. The van der Waals surface area contributed by atoms with Crippen molar-refractivity contribution in [1.29, 1.82) is 0 Å². The molecule has 9 heteroatoms. The number of piperazine rings is 1. The molecule has 3 aliphatic rings. The van der Waals surface area contributed by atoms with E-state index in [1.54, 1.807) is 17.0 Å². The largest absolute Gasteiger partial charge is 0.507 e. The Labute approximate surface area is 223 Å². The Morgan fingerprint density at radius 2 is 1.87 bits per heavy atom. The predicted molar refractivity (Wildman–Crippen MR) is 148 cm³/mol. The number of phenols is 1. The number of benzene rings is 2. The van der Waals surface area contributed by atoms with Crippen LogP contribution in [0.3, 0.4) is 0 Å². The summed E-state index contributed by atoms with van der Waals surface area (Å²) in [7, 11) is 2.16. The molecule has 0 bridgehead atoms. The van der Waals surface area contributed by atoms with Crippen LogP contribution in [0.25, 0.3) is 10.9 Å². The summed E-state index contributed by atoms with van der Waals surface area (Å²) in [5, 5.41) is 22.5. The number of fused-ring (bicyclic) bond motifs is 2. The van der Waals surface area contributed by atoms with Crippen LogP contribution in [0, 0.1) is 0 Å². The molecule has 3 aromatic rings. The lowest BCUT2D eigenvalue weighted by Gasteiger charge is -2.32. The van der Waals surface area contributed by atoms with E-state index in [1.165, 1.54) is 19.3 Å². The smallest absolute Gasteiger partial charge is 0.258 e. The number of nitrogens with zero attached hydrogens (tertiary/aromatic N) is 4. The molecule has 1 aliphatic carbocycles. The van der Waals surface area contributed by atoms with E-state index in [1.807, 2.05) is 6.07 Å². The van der Waals surface area contributed by atoms with Crippen LogP contribution in [0.4, 0.5) is 5.82 Å². The number of amides is 1. The molecule has 0 spiro atoms. The Kier molecular flexibility index (Phi) is 7.12. The topological polar surface area (TPSA) is 97.0 Å². The minimum atomic E-state index is -0.178. The molecule has 2 aliphatic heterocycles. The summed E-state index contributed by atoms with van der Waals surface area (Å²) < 4.78 is 6.06. The number of hydrogen-bond donors (Lipinski definition) is 3. The van der Waals surface area contributed by atoms with Crippen molar-refractivity contribution in [2.75, 3.05) is 51.7 Å². The quantitative estimate of drug-likeness (QED) is 0.438. The third-order valence-electron chi connectivity index (χ3n) is 8.32. The molecule has 1 saturated carbocycles. The van der Waals surface area contributed by atoms with Crippen LogP contribution < -0.4 is 10.1 Å². The van der Waals surface area contributed by atoms with E-state index in [0.717, 1.165) is 79.2 Å². The van der Waals surface area contributed by atoms with E-state index in [2.05, 4.69) is 44.5 Å². The molecule has 2 fully saturated rings. The van der Waals surface area contributed by atoms with Crippen molar-refractivity contribution in [3.63, 3.8) is 0 Å². The molecule has 3 N–H and O–H groups in total. The molecule has 1 amide bonds. The highest BCUT2D eigenvalue weighted by Crippen LogP contribution is 2.33. The third kappa shape index (κ3) is 5.31. The Morgan fingerprint density at radius 3 is 2.68 bits per heavy atom. The Bertz CT molecular complexity index is 1290. The van der Waals surface area contributed by atoms with Crippen LogP contribution in [-0.2, 0) is 13.1 Å². The summed E-state index contributed by atoms with van der Waals surface area (Å²) >= 11 is 0. The number of nitrogens with one attached hydrogen (secondary N) is 2. The maximum absolute atomic E-state index is 13.5. The van der Waals surface area contributed by atoms with Gasteiger partial charge in [-0.2, -0.15) is 5.10 Å². The molecule has 0 atom stereocenters. The number of carbonyl (C=O) groups excluding carboxylic acids is 1. The van der Waals surface area contributed by atoms with Gasteiger partial charge in [0.2, 0.25) is 0 Å². The number of ether oxygens (including phenoxy) is 1. The van der Waals surface area contributed by atoms with Gasteiger partial charge in [-0.3, -0.25) is 14.8 Å². The maximum atomic E-state index is 13.5. The molecule has 2 aromatic carbocycles. The normalized spacial score (nSPS) is 19.1. The molecule has 202 valence electrons. The van der Waals surface area contributed by atoms with E-state index in [9.17, 15) is 9.90 Å². The van der Waals surface area contributed by atoms with Crippen LogP contribution in [-0.4, -0.2) is 88.3 Å².